The Morgan fingerprint density at radius 3 is 2.25 bits per heavy atom. The summed E-state index contributed by atoms with van der Waals surface area (Å²) in [5, 5.41) is 2.81. The fraction of sp³-hybridized carbons (Fsp3) is 0.462. The topological polar surface area (TPSA) is 38.3 Å². The second-order valence-corrected chi connectivity index (χ2v) is 4.24. The molecule has 0 aliphatic heterocycles. The molecule has 0 bridgehead atoms. The van der Waals surface area contributed by atoms with E-state index in [1.54, 1.807) is 6.92 Å². The number of rotatable bonds is 4. The van der Waals surface area contributed by atoms with Gasteiger partial charge in [0.2, 0.25) is 0 Å². The van der Waals surface area contributed by atoms with Crippen molar-refractivity contribution in [2.75, 3.05) is 0 Å². The standard InChI is InChI=1S/C13H19NO2/c1-9(2)14-13(15)11(4)16-12-7-5-10(3)6-8-12/h5-9,11H,1-4H3,(H,14,15)/t11-/m0/s1. The molecule has 0 aromatic heterocycles. The van der Waals surface area contributed by atoms with Crippen LogP contribution in [0.4, 0.5) is 0 Å². The van der Waals surface area contributed by atoms with E-state index in [1.165, 1.54) is 5.56 Å². The Labute approximate surface area is 96.8 Å². The third-order valence-corrected chi connectivity index (χ3v) is 2.13. The highest BCUT2D eigenvalue weighted by molar-refractivity contribution is 5.80. The van der Waals surface area contributed by atoms with Crippen molar-refractivity contribution < 1.29 is 9.53 Å². The van der Waals surface area contributed by atoms with Gasteiger partial charge < -0.3 is 10.1 Å². The van der Waals surface area contributed by atoms with E-state index in [4.69, 9.17) is 4.74 Å². The Kier molecular flexibility index (Phi) is 4.35. The first kappa shape index (κ1) is 12.6. The normalized spacial score (nSPS) is 12.3. The molecule has 0 saturated carbocycles. The van der Waals surface area contributed by atoms with E-state index in [-0.39, 0.29) is 11.9 Å². The highest BCUT2D eigenvalue weighted by atomic mass is 16.5. The molecule has 0 unspecified atom stereocenters. The molecule has 0 radical (unpaired) electrons. The summed E-state index contributed by atoms with van der Waals surface area (Å²) >= 11 is 0. The SMILES string of the molecule is Cc1ccc(O[C@@H](C)C(=O)NC(C)C)cc1. The van der Waals surface area contributed by atoms with E-state index in [2.05, 4.69) is 5.32 Å². The van der Waals surface area contributed by atoms with E-state index in [0.29, 0.717) is 0 Å². The van der Waals surface area contributed by atoms with E-state index < -0.39 is 6.10 Å². The first-order chi connectivity index (χ1) is 7.49. The molecule has 3 heteroatoms. The van der Waals surface area contributed by atoms with Crippen molar-refractivity contribution in [2.45, 2.75) is 39.8 Å². The fourth-order valence-corrected chi connectivity index (χ4v) is 1.28. The molecule has 0 aliphatic rings. The average Bonchev–Trinajstić information content (AvgIpc) is 2.20. The Bertz CT molecular complexity index is 343. The summed E-state index contributed by atoms with van der Waals surface area (Å²) in [5.74, 6) is 0.632. The van der Waals surface area contributed by atoms with Crippen molar-refractivity contribution >= 4 is 5.91 Å². The van der Waals surface area contributed by atoms with Gasteiger partial charge in [0, 0.05) is 6.04 Å². The molecule has 1 atom stereocenters. The maximum atomic E-state index is 11.6. The number of hydrogen-bond donors (Lipinski definition) is 1. The summed E-state index contributed by atoms with van der Waals surface area (Å²) in [5.41, 5.74) is 1.17. The lowest BCUT2D eigenvalue weighted by atomic mass is 10.2. The molecule has 0 saturated heterocycles. The van der Waals surface area contributed by atoms with Crippen molar-refractivity contribution in [1.82, 2.24) is 5.32 Å². The van der Waals surface area contributed by atoms with Crippen molar-refractivity contribution in [2.24, 2.45) is 0 Å². The van der Waals surface area contributed by atoms with Crippen LogP contribution in [0.15, 0.2) is 24.3 Å². The maximum Gasteiger partial charge on any atom is 0.260 e. The molecule has 1 aromatic carbocycles. The van der Waals surface area contributed by atoms with Gasteiger partial charge in [0.15, 0.2) is 6.10 Å². The summed E-state index contributed by atoms with van der Waals surface area (Å²) in [4.78, 5) is 11.6. The minimum atomic E-state index is -0.467. The quantitative estimate of drug-likeness (QED) is 0.847. The number of aryl methyl sites for hydroxylation is 1. The van der Waals surface area contributed by atoms with Gasteiger partial charge in [0.05, 0.1) is 0 Å². The van der Waals surface area contributed by atoms with Crippen molar-refractivity contribution in [3.8, 4) is 5.75 Å². The molecule has 1 rings (SSSR count). The first-order valence-corrected chi connectivity index (χ1v) is 5.52. The summed E-state index contributed by atoms with van der Waals surface area (Å²) in [6, 6.07) is 7.80. The van der Waals surface area contributed by atoms with Crippen LogP contribution in [0, 0.1) is 6.92 Å². The molecule has 1 amide bonds. The van der Waals surface area contributed by atoms with E-state index in [9.17, 15) is 4.79 Å². The number of nitrogens with one attached hydrogen (secondary N) is 1. The second-order valence-electron chi connectivity index (χ2n) is 4.24. The van der Waals surface area contributed by atoms with Crippen LogP contribution in [0.5, 0.6) is 5.75 Å². The summed E-state index contributed by atoms with van der Waals surface area (Å²) in [7, 11) is 0. The Morgan fingerprint density at radius 1 is 1.19 bits per heavy atom. The van der Waals surface area contributed by atoms with Crippen LogP contribution < -0.4 is 10.1 Å². The van der Waals surface area contributed by atoms with Crippen molar-refractivity contribution in [1.29, 1.82) is 0 Å². The minimum absolute atomic E-state index is 0.0874. The average molecular weight is 221 g/mol. The molecule has 88 valence electrons. The number of carbonyl (C=O) groups is 1. The lowest BCUT2D eigenvalue weighted by Crippen LogP contribution is -2.39. The molecular weight excluding hydrogens is 202 g/mol. The van der Waals surface area contributed by atoms with Crippen LogP contribution in [0.1, 0.15) is 26.3 Å². The van der Waals surface area contributed by atoms with Gasteiger partial charge in [-0.1, -0.05) is 17.7 Å². The molecule has 16 heavy (non-hydrogen) atoms. The van der Waals surface area contributed by atoms with Crippen LogP contribution in [0.2, 0.25) is 0 Å². The van der Waals surface area contributed by atoms with Crippen LogP contribution in [-0.2, 0) is 4.79 Å². The smallest absolute Gasteiger partial charge is 0.260 e. The number of amides is 1. The lowest BCUT2D eigenvalue weighted by Gasteiger charge is -2.16. The van der Waals surface area contributed by atoms with Gasteiger partial charge in [0.1, 0.15) is 5.75 Å². The number of ether oxygens (including phenoxy) is 1. The molecule has 0 spiro atoms. The maximum absolute atomic E-state index is 11.6. The second kappa shape index (κ2) is 5.54. The molecule has 0 fully saturated rings. The summed E-state index contributed by atoms with van der Waals surface area (Å²) in [6.07, 6.45) is -0.467. The molecule has 0 heterocycles. The van der Waals surface area contributed by atoms with Gasteiger partial charge in [-0.2, -0.15) is 0 Å². The summed E-state index contributed by atoms with van der Waals surface area (Å²) < 4.78 is 5.52. The third kappa shape index (κ3) is 3.93. The van der Waals surface area contributed by atoms with Gasteiger partial charge in [-0.05, 0) is 39.8 Å². The van der Waals surface area contributed by atoms with Gasteiger partial charge in [-0.15, -0.1) is 0 Å². The van der Waals surface area contributed by atoms with E-state index >= 15 is 0 Å². The van der Waals surface area contributed by atoms with Gasteiger partial charge in [0.25, 0.3) is 5.91 Å². The fourth-order valence-electron chi connectivity index (χ4n) is 1.28. The Balaban J connectivity index is 2.53. The van der Waals surface area contributed by atoms with Crippen molar-refractivity contribution in [3.05, 3.63) is 29.8 Å². The molecule has 0 aliphatic carbocycles. The van der Waals surface area contributed by atoms with Gasteiger partial charge >= 0.3 is 0 Å². The molecule has 1 aromatic rings. The zero-order valence-corrected chi connectivity index (χ0v) is 10.3. The van der Waals surface area contributed by atoms with Crippen LogP contribution in [0.25, 0.3) is 0 Å². The number of benzene rings is 1. The highest BCUT2D eigenvalue weighted by Crippen LogP contribution is 2.13. The lowest BCUT2D eigenvalue weighted by molar-refractivity contribution is -0.127. The van der Waals surface area contributed by atoms with Crippen molar-refractivity contribution in [3.63, 3.8) is 0 Å². The largest absolute Gasteiger partial charge is 0.481 e. The Morgan fingerprint density at radius 2 is 1.75 bits per heavy atom. The minimum Gasteiger partial charge on any atom is -0.481 e. The number of hydrogen-bond acceptors (Lipinski definition) is 2. The molecule has 1 N–H and O–H groups in total. The Hall–Kier alpha value is -1.51. The van der Waals surface area contributed by atoms with Crippen LogP contribution in [-0.4, -0.2) is 18.1 Å². The van der Waals surface area contributed by atoms with Gasteiger partial charge in [-0.25, -0.2) is 0 Å². The number of carbonyl (C=O) groups excluding carboxylic acids is 1. The monoisotopic (exact) mass is 221 g/mol. The zero-order valence-electron chi connectivity index (χ0n) is 10.3. The molecule has 3 nitrogen and oxygen atoms in total. The zero-order chi connectivity index (χ0) is 12.1. The van der Waals surface area contributed by atoms with E-state index in [0.717, 1.165) is 5.75 Å². The highest BCUT2D eigenvalue weighted by Gasteiger charge is 2.14. The predicted molar refractivity (Wildman–Crippen MR) is 64.5 cm³/mol. The van der Waals surface area contributed by atoms with E-state index in [1.807, 2.05) is 45.0 Å². The molecular formula is C13H19NO2. The van der Waals surface area contributed by atoms with Crippen LogP contribution in [0.3, 0.4) is 0 Å². The first-order valence-electron chi connectivity index (χ1n) is 5.52. The van der Waals surface area contributed by atoms with Crippen LogP contribution >= 0.6 is 0 Å². The van der Waals surface area contributed by atoms with Gasteiger partial charge in [-0.3, -0.25) is 4.79 Å². The summed E-state index contributed by atoms with van der Waals surface area (Å²) in [6.45, 7) is 7.61. The third-order valence-electron chi connectivity index (χ3n) is 2.13. The predicted octanol–water partition coefficient (Wildman–Crippen LogP) is 2.29.